The van der Waals surface area contributed by atoms with Crippen LogP contribution < -0.4 is 18.9 Å². The van der Waals surface area contributed by atoms with Crippen LogP contribution in [-0.4, -0.2) is 22.7 Å². The summed E-state index contributed by atoms with van der Waals surface area (Å²) < 4.78 is 23.5. The summed E-state index contributed by atoms with van der Waals surface area (Å²) in [5, 5.41) is 9.71. The Labute approximate surface area is 265 Å². The van der Waals surface area contributed by atoms with Crippen molar-refractivity contribution < 1.29 is 28.8 Å². The maximum atomic E-state index is 10.9. The number of ether oxygens (including phenoxy) is 4. The van der Waals surface area contributed by atoms with E-state index in [-0.39, 0.29) is 6.61 Å². The van der Waals surface area contributed by atoms with Crippen LogP contribution in [0.1, 0.15) is 23.4 Å². The number of aryl methyl sites for hydroxylation is 1. The second kappa shape index (κ2) is 14.0. The van der Waals surface area contributed by atoms with E-state index in [0.717, 1.165) is 68.1 Å². The summed E-state index contributed by atoms with van der Waals surface area (Å²) in [7, 11) is 0. The molecule has 0 unspecified atom stereocenters. The molecule has 6 rings (SSSR count). The molecule has 4 aromatic carbocycles. The van der Waals surface area contributed by atoms with Gasteiger partial charge in [-0.15, -0.1) is 11.3 Å². The van der Waals surface area contributed by atoms with E-state index in [1.165, 1.54) is 0 Å². The van der Waals surface area contributed by atoms with Crippen LogP contribution in [-0.2, 0) is 11.4 Å². The van der Waals surface area contributed by atoms with Gasteiger partial charge >= 0.3 is 5.97 Å². The van der Waals surface area contributed by atoms with Gasteiger partial charge in [-0.2, -0.15) is 0 Å². The molecule has 0 bridgehead atoms. The number of aliphatic carboxylic acids is 1. The topological polar surface area (TPSA) is 87.1 Å². The van der Waals surface area contributed by atoms with Crippen molar-refractivity contribution in [2.75, 3.05) is 6.61 Å². The van der Waals surface area contributed by atoms with Gasteiger partial charge < -0.3 is 24.1 Å². The number of carbonyl (C=O) groups is 1. The Hall–Kier alpha value is -5.34. The van der Waals surface area contributed by atoms with Crippen LogP contribution in [0.3, 0.4) is 0 Å². The predicted octanol–water partition coefficient (Wildman–Crippen LogP) is 9.23. The van der Waals surface area contributed by atoms with E-state index < -0.39 is 12.6 Å². The molecule has 8 heteroatoms. The first-order chi connectivity index (χ1) is 22.0. The van der Waals surface area contributed by atoms with Crippen LogP contribution in [0.15, 0.2) is 121 Å². The Morgan fingerprint density at radius 2 is 1.49 bits per heavy atom. The molecule has 1 aliphatic carbocycles. The maximum absolute atomic E-state index is 10.9. The Bertz CT molecular complexity index is 1830. The minimum Gasteiger partial charge on any atom is -0.486 e. The number of benzene rings is 4. The normalized spacial score (nSPS) is 12.3. The molecule has 1 N–H and O–H groups in total. The fourth-order valence-electron chi connectivity index (χ4n) is 4.76. The van der Waals surface area contributed by atoms with Gasteiger partial charge in [-0.3, -0.25) is 0 Å². The second-order valence-corrected chi connectivity index (χ2v) is 11.4. The number of para-hydroxylation sites is 1. The van der Waals surface area contributed by atoms with E-state index >= 15 is 0 Å². The molecule has 0 amide bonds. The lowest BCUT2D eigenvalue weighted by Gasteiger charge is -2.10. The van der Waals surface area contributed by atoms with Crippen molar-refractivity contribution in [3.8, 4) is 50.4 Å². The third-order valence-corrected chi connectivity index (χ3v) is 8.03. The Kier molecular flexibility index (Phi) is 9.22. The number of hydrogen-bond acceptors (Lipinski definition) is 7. The van der Waals surface area contributed by atoms with Crippen molar-refractivity contribution in [2.45, 2.75) is 26.4 Å². The molecule has 5 aromatic rings. The van der Waals surface area contributed by atoms with E-state index in [9.17, 15) is 4.79 Å². The zero-order valence-electron chi connectivity index (χ0n) is 24.6. The van der Waals surface area contributed by atoms with E-state index in [0.29, 0.717) is 11.5 Å². The quantitative estimate of drug-likeness (QED) is 0.149. The first-order valence-corrected chi connectivity index (χ1v) is 15.4. The first kappa shape index (κ1) is 29.7. The zero-order chi connectivity index (χ0) is 31.0. The number of allylic oxidation sites excluding steroid dienone is 3. The van der Waals surface area contributed by atoms with Gasteiger partial charge in [0.2, 0.25) is 0 Å². The summed E-state index contributed by atoms with van der Waals surface area (Å²) in [4.78, 5) is 16.9. The summed E-state index contributed by atoms with van der Waals surface area (Å²) in [6.07, 6.45) is 8.25. The van der Waals surface area contributed by atoms with E-state index in [2.05, 4.69) is 24.3 Å². The maximum Gasteiger partial charge on any atom is 0.341 e. The highest BCUT2D eigenvalue weighted by Gasteiger charge is 2.17. The Morgan fingerprint density at radius 1 is 0.800 bits per heavy atom. The summed E-state index contributed by atoms with van der Waals surface area (Å²) in [6, 6.07) is 31.0. The summed E-state index contributed by atoms with van der Waals surface area (Å²) >= 11 is 1.57. The molecule has 1 aliphatic rings. The molecule has 0 saturated carbocycles. The first-order valence-electron chi connectivity index (χ1n) is 14.6. The highest BCUT2D eigenvalue weighted by atomic mass is 32.1. The average Bonchev–Trinajstić information content (AvgIpc) is 3.49. The van der Waals surface area contributed by atoms with E-state index in [1.54, 1.807) is 23.5 Å². The minimum absolute atomic E-state index is 0.267. The van der Waals surface area contributed by atoms with E-state index in [1.807, 2.05) is 85.8 Å². The van der Waals surface area contributed by atoms with Crippen molar-refractivity contribution in [1.82, 2.24) is 4.98 Å². The van der Waals surface area contributed by atoms with Crippen LogP contribution in [0.4, 0.5) is 0 Å². The monoisotopic (exact) mass is 617 g/mol. The number of carboxylic acids is 1. The SMILES string of the molecule is Cc1cc(OCc2nc(-c3ccc(Oc4ccccc4)cc3)c(-c3ccc(OC4=CCCC=C4)cc3)s2)ccc1OCC(=O)O. The lowest BCUT2D eigenvalue weighted by atomic mass is 10.1. The van der Waals surface area contributed by atoms with Crippen LogP contribution in [0.2, 0.25) is 0 Å². The van der Waals surface area contributed by atoms with E-state index in [4.69, 9.17) is 29.0 Å². The van der Waals surface area contributed by atoms with Gasteiger partial charge in [-0.1, -0.05) is 24.3 Å². The van der Waals surface area contributed by atoms with Crippen molar-refractivity contribution >= 4 is 17.3 Å². The van der Waals surface area contributed by atoms with Crippen LogP contribution in [0, 0.1) is 6.92 Å². The van der Waals surface area contributed by atoms with Gasteiger partial charge in [0.15, 0.2) is 6.61 Å². The molecule has 0 radical (unpaired) electrons. The fourth-order valence-corrected chi connectivity index (χ4v) is 5.76. The van der Waals surface area contributed by atoms with Gasteiger partial charge in [0, 0.05) is 5.56 Å². The standard InChI is InChI=1S/C37H31NO6S/c1-25-22-32(20-21-33(25)42-24-35(39)40)41-23-34-38-36(26-12-16-30(17-13-26)43-28-8-4-2-5-9-28)37(45-34)27-14-18-31(19-15-27)44-29-10-6-3-7-11-29/h2,4-6,8-22H,3,7,23-24H2,1H3,(H,39,40). The van der Waals surface area contributed by atoms with Crippen molar-refractivity contribution in [3.05, 3.63) is 132 Å². The zero-order valence-corrected chi connectivity index (χ0v) is 25.5. The lowest BCUT2D eigenvalue weighted by Crippen LogP contribution is -2.10. The molecule has 0 saturated heterocycles. The fraction of sp³-hybridized carbons (Fsp3) is 0.135. The summed E-state index contributed by atoms with van der Waals surface area (Å²) in [5.74, 6) is 3.28. The predicted molar refractivity (Wildman–Crippen MR) is 175 cm³/mol. The van der Waals surface area contributed by atoms with Gasteiger partial charge in [0.1, 0.15) is 46.1 Å². The van der Waals surface area contributed by atoms with Crippen LogP contribution in [0.5, 0.6) is 28.7 Å². The molecule has 0 fully saturated rings. The molecule has 0 spiro atoms. The smallest absolute Gasteiger partial charge is 0.341 e. The van der Waals surface area contributed by atoms with Gasteiger partial charge in [0.25, 0.3) is 0 Å². The second-order valence-electron chi connectivity index (χ2n) is 10.3. The largest absolute Gasteiger partial charge is 0.486 e. The highest BCUT2D eigenvalue weighted by Crippen LogP contribution is 2.39. The van der Waals surface area contributed by atoms with Crippen LogP contribution >= 0.6 is 11.3 Å². The molecule has 1 aromatic heterocycles. The number of thiazole rings is 1. The lowest BCUT2D eigenvalue weighted by molar-refractivity contribution is -0.139. The molecule has 45 heavy (non-hydrogen) atoms. The number of rotatable bonds is 12. The molecule has 0 atom stereocenters. The van der Waals surface area contributed by atoms with Gasteiger partial charge in [-0.05, 0) is 122 Å². The van der Waals surface area contributed by atoms with Gasteiger partial charge in [-0.25, -0.2) is 9.78 Å². The third kappa shape index (κ3) is 7.79. The molecular formula is C37H31NO6S. The van der Waals surface area contributed by atoms with Crippen molar-refractivity contribution in [3.63, 3.8) is 0 Å². The summed E-state index contributed by atoms with van der Waals surface area (Å²) in [6.45, 7) is 1.72. The molecule has 0 aliphatic heterocycles. The number of carboxylic acid groups (broad SMARTS) is 1. The molecule has 1 heterocycles. The van der Waals surface area contributed by atoms with Crippen LogP contribution in [0.25, 0.3) is 21.7 Å². The number of nitrogens with zero attached hydrogens (tertiary/aromatic N) is 1. The minimum atomic E-state index is -1.02. The highest BCUT2D eigenvalue weighted by molar-refractivity contribution is 7.15. The summed E-state index contributed by atoms with van der Waals surface area (Å²) in [5.41, 5.74) is 3.62. The average molecular weight is 618 g/mol. The van der Waals surface area contributed by atoms with Crippen molar-refractivity contribution in [2.24, 2.45) is 0 Å². The number of aromatic nitrogens is 1. The molecule has 226 valence electrons. The Balaban J connectivity index is 1.24. The van der Waals surface area contributed by atoms with Crippen molar-refractivity contribution in [1.29, 1.82) is 0 Å². The third-order valence-electron chi connectivity index (χ3n) is 6.95. The number of hydrogen-bond donors (Lipinski definition) is 1. The van der Waals surface area contributed by atoms with Gasteiger partial charge in [0.05, 0.1) is 10.6 Å². The molecule has 7 nitrogen and oxygen atoms in total. The Morgan fingerprint density at radius 3 is 2.18 bits per heavy atom. The molecular weight excluding hydrogens is 586 g/mol.